The van der Waals surface area contributed by atoms with Gasteiger partial charge in [0.1, 0.15) is 22.2 Å². The molecule has 4 nitrogen and oxygen atoms in total. The van der Waals surface area contributed by atoms with Gasteiger partial charge in [0.25, 0.3) is 0 Å². The average molecular weight is 279 g/mol. The summed E-state index contributed by atoms with van der Waals surface area (Å²) in [4.78, 5) is 8.62. The van der Waals surface area contributed by atoms with Gasteiger partial charge in [-0.3, -0.25) is 0 Å². The molecule has 0 aliphatic carbocycles. The molecule has 0 aliphatic heterocycles. The Morgan fingerprint density at radius 1 is 1.11 bits per heavy atom. The van der Waals surface area contributed by atoms with E-state index in [1.165, 1.54) is 11.3 Å². The molecule has 0 spiro atoms. The van der Waals surface area contributed by atoms with Gasteiger partial charge < -0.3 is 10.5 Å². The fourth-order valence-corrected chi connectivity index (χ4v) is 2.38. The number of halogens is 2. The van der Waals surface area contributed by atoms with Crippen molar-refractivity contribution in [3.8, 4) is 11.6 Å². The van der Waals surface area contributed by atoms with Gasteiger partial charge in [0, 0.05) is 18.2 Å². The quantitative estimate of drug-likeness (QED) is 0.781. The second kappa shape index (κ2) is 4.43. The molecule has 0 saturated heterocycles. The van der Waals surface area contributed by atoms with Crippen LogP contribution in [0.2, 0.25) is 0 Å². The Morgan fingerprint density at radius 2 is 1.84 bits per heavy atom. The van der Waals surface area contributed by atoms with Gasteiger partial charge >= 0.3 is 0 Å². The summed E-state index contributed by atoms with van der Waals surface area (Å²) in [6.45, 7) is 0. The number of nitrogens with zero attached hydrogens (tertiary/aromatic N) is 2. The van der Waals surface area contributed by atoms with Crippen LogP contribution in [0.25, 0.3) is 10.2 Å². The predicted octanol–water partition coefficient (Wildman–Crippen LogP) is 3.34. The maximum Gasteiger partial charge on any atom is 0.232 e. The van der Waals surface area contributed by atoms with Crippen molar-refractivity contribution in [3.05, 3.63) is 41.3 Å². The standard InChI is InChI=1S/C12H7F2N3OS/c13-6-3-7(14)5-8(4-6)18-10-9-1-2-19-11(9)17-12(15)16-10/h1-5H,(H2,15,16,17). The Hall–Kier alpha value is -2.28. The van der Waals surface area contributed by atoms with E-state index in [-0.39, 0.29) is 17.6 Å². The third-order valence-electron chi connectivity index (χ3n) is 2.36. The number of fused-ring (bicyclic) bond motifs is 1. The molecule has 96 valence electrons. The molecule has 3 rings (SSSR count). The lowest BCUT2D eigenvalue weighted by atomic mass is 10.3. The minimum absolute atomic E-state index is 0.0168. The van der Waals surface area contributed by atoms with Crippen LogP contribution in [-0.4, -0.2) is 9.97 Å². The van der Waals surface area contributed by atoms with Crippen LogP contribution in [-0.2, 0) is 0 Å². The molecule has 2 N–H and O–H groups in total. The number of thiophene rings is 1. The highest BCUT2D eigenvalue weighted by Crippen LogP contribution is 2.31. The second-order valence-corrected chi connectivity index (χ2v) is 4.63. The zero-order chi connectivity index (χ0) is 13.4. The van der Waals surface area contributed by atoms with Crippen LogP contribution in [0.1, 0.15) is 0 Å². The summed E-state index contributed by atoms with van der Waals surface area (Å²) < 4.78 is 31.6. The molecule has 0 aliphatic rings. The van der Waals surface area contributed by atoms with Gasteiger partial charge in [0.2, 0.25) is 11.8 Å². The van der Waals surface area contributed by atoms with Crippen molar-refractivity contribution in [1.82, 2.24) is 9.97 Å². The van der Waals surface area contributed by atoms with Crippen LogP contribution >= 0.6 is 11.3 Å². The number of rotatable bonds is 2. The summed E-state index contributed by atoms with van der Waals surface area (Å²) >= 11 is 1.37. The highest BCUT2D eigenvalue weighted by atomic mass is 32.1. The molecule has 0 unspecified atom stereocenters. The topological polar surface area (TPSA) is 61.0 Å². The van der Waals surface area contributed by atoms with E-state index in [0.29, 0.717) is 10.2 Å². The van der Waals surface area contributed by atoms with Crippen molar-refractivity contribution in [3.63, 3.8) is 0 Å². The molecule has 2 aromatic heterocycles. The average Bonchev–Trinajstić information content (AvgIpc) is 2.75. The van der Waals surface area contributed by atoms with Gasteiger partial charge in [-0.05, 0) is 11.4 Å². The van der Waals surface area contributed by atoms with Gasteiger partial charge in [-0.15, -0.1) is 11.3 Å². The van der Waals surface area contributed by atoms with Crippen LogP contribution in [0.5, 0.6) is 11.6 Å². The lowest BCUT2D eigenvalue weighted by molar-refractivity contribution is 0.457. The first-order valence-electron chi connectivity index (χ1n) is 5.26. The third-order valence-corrected chi connectivity index (χ3v) is 3.16. The number of aromatic nitrogens is 2. The Bertz CT molecular complexity index is 740. The molecular weight excluding hydrogens is 272 g/mol. The molecule has 19 heavy (non-hydrogen) atoms. The largest absolute Gasteiger partial charge is 0.438 e. The number of ether oxygens (including phenoxy) is 1. The van der Waals surface area contributed by atoms with Crippen LogP contribution in [0.15, 0.2) is 29.6 Å². The summed E-state index contributed by atoms with van der Waals surface area (Å²) in [5.41, 5.74) is 5.55. The predicted molar refractivity (Wildman–Crippen MR) is 68.3 cm³/mol. The van der Waals surface area contributed by atoms with E-state index in [0.717, 1.165) is 18.2 Å². The van der Waals surface area contributed by atoms with Gasteiger partial charge in [0.15, 0.2) is 0 Å². The van der Waals surface area contributed by atoms with Crippen molar-refractivity contribution in [2.45, 2.75) is 0 Å². The molecule has 3 aromatic rings. The van der Waals surface area contributed by atoms with Crippen molar-refractivity contribution in [1.29, 1.82) is 0 Å². The molecule has 0 atom stereocenters. The first kappa shape index (κ1) is 11.8. The third kappa shape index (κ3) is 2.32. The highest BCUT2D eigenvalue weighted by molar-refractivity contribution is 7.16. The normalized spacial score (nSPS) is 10.8. The van der Waals surface area contributed by atoms with Gasteiger partial charge in [0.05, 0.1) is 5.39 Å². The minimum atomic E-state index is -0.724. The van der Waals surface area contributed by atoms with Crippen LogP contribution in [0, 0.1) is 11.6 Å². The van der Waals surface area contributed by atoms with Crippen molar-refractivity contribution in [2.24, 2.45) is 0 Å². The first-order valence-corrected chi connectivity index (χ1v) is 6.14. The Labute approximate surface area is 110 Å². The van der Waals surface area contributed by atoms with E-state index in [4.69, 9.17) is 10.5 Å². The number of nitrogen functional groups attached to an aromatic ring is 1. The van der Waals surface area contributed by atoms with E-state index in [2.05, 4.69) is 9.97 Å². The molecule has 0 radical (unpaired) electrons. The van der Waals surface area contributed by atoms with E-state index in [1.54, 1.807) is 11.4 Å². The number of benzene rings is 1. The number of nitrogens with two attached hydrogens (primary N) is 1. The number of hydrogen-bond acceptors (Lipinski definition) is 5. The SMILES string of the molecule is Nc1nc(Oc2cc(F)cc(F)c2)c2ccsc2n1. The molecule has 0 bridgehead atoms. The molecule has 0 fully saturated rings. The fourth-order valence-electron chi connectivity index (χ4n) is 1.62. The van der Waals surface area contributed by atoms with E-state index in [9.17, 15) is 8.78 Å². The zero-order valence-corrected chi connectivity index (χ0v) is 10.2. The molecule has 0 amide bonds. The number of anilines is 1. The Kier molecular flexibility index (Phi) is 2.75. The monoisotopic (exact) mass is 279 g/mol. The summed E-state index contributed by atoms with van der Waals surface area (Å²) in [5, 5.41) is 2.45. The number of hydrogen-bond donors (Lipinski definition) is 1. The van der Waals surface area contributed by atoms with Crippen LogP contribution in [0.3, 0.4) is 0 Å². The Balaban J connectivity index is 2.07. The van der Waals surface area contributed by atoms with Crippen molar-refractivity contribution >= 4 is 27.5 Å². The summed E-state index contributed by atoms with van der Waals surface area (Å²) in [5.74, 6) is -1.21. The molecule has 7 heteroatoms. The van der Waals surface area contributed by atoms with Crippen LogP contribution in [0.4, 0.5) is 14.7 Å². The molecule has 0 saturated carbocycles. The zero-order valence-electron chi connectivity index (χ0n) is 9.43. The minimum Gasteiger partial charge on any atom is -0.438 e. The smallest absolute Gasteiger partial charge is 0.232 e. The maximum absolute atomic E-state index is 13.1. The van der Waals surface area contributed by atoms with Gasteiger partial charge in [-0.25, -0.2) is 13.8 Å². The van der Waals surface area contributed by atoms with E-state index in [1.807, 2.05) is 0 Å². The van der Waals surface area contributed by atoms with Crippen molar-refractivity contribution in [2.75, 3.05) is 5.73 Å². The fraction of sp³-hybridized carbons (Fsp3) is 0. The van der Waals surface area contributed by atoms with E-state index >= 15 is 0 Å². The van der Waals surface area contributed by atoms with Crippen LogP contribution < -0.4 is 10.5 Å². The highest BCUT2D eigenvalue weighted by Gasteiger charge is 2.11. The second-order valence-electron chi connectivity index (χ2n) is 3.73. The van der Waals surface area contributed by atoms with Gasteiger partial charge in [-0.2, -0.15) is 4.98 Å². The maximum atomic E-state index is 13.1. The van der Waals surface area contributed by atoms with E-state index < -0.39 is 11.6 Å². The summed E-state index contributed by atoms with van der Waals surface area (Å²) in [6.07, 6.45) is 0. The van der Waals surface area contributed by atoms with Gasteiger partial charge in [-0.1, -0.05) is 0 Å². The Morgan fingerprint density at radius 3 is 2.58 bits per heavy atom. The summed E-state index contributed by atoms with van der Waals surface area (Å²) in [6, 6.07) is 4.66. The molecular formula is C12H7F2N3OS. The summed E-state index contributed by atoms with van der Waals surface area (Å²) in [7, 11) is 0. The molecule has 2 heterocycles. The lowest BCUT2D eigenvalue weighted by Crippen LogP contribution is -1.97. The van der Waals surface area contributed by atoms with Crippen molar-refractivity contribution < 1.29 is 13.5 Å². The lowest BCUT2D eigenvalue weighted by Gasteiger charge is -2.06. The molecule has 1 aromatic carbocycles. The first-order chi connectivity index (χ1) is 9.11.